The number of amides is 1. The van der Waals surface area contributed by atoms with Crippen molar-refractivity contribution in [2.75, 3.05) is 39.4 Å². The zero-order valence-electron chi connectivity index (χ0n) is 11.0. The molecule has 2 rings (SSSR count). The van der Waals surface area contributed by atoms with Crippen LogP contribution in [0.1, 0.15) is 26.7 Å². The van der Waals surface area contributed by atoms with Gasteiger partial charge < -0.3 is 9.64 Å². The standard InChI is InChI=1S/C13H24N2O2/c1-3-14(4-2)13(16)11-5-7-15(8-6-11)12-9-17-10-12/h11-12H,3-10H2,1-2H3. The van der Waals surface area contributed by atoms with E-state index >= 15 is 0 Å². The van der Waals surface area contributed by atoms with Crippen molar-refractivity contribution in [3.63, 3.8) is 0 Å². The maximum atomic E-state index is 12.2. The molecule has 2 aliphatic heterocycles. The van der Waals surface area contributed by atoms with E-state index in [9.17, 15) is 4.79 Å². The van der Waals surface area contributed by atoms with Crippen LogP contribution in [0.4, 0.5) is 0 Å². The average Bonchev–Trinajstić information content (AvgIpc) is 2.29. The molecule has 2 fully saturated rings. The first kappa shape index (κ1) is 12.8. The number of piperidine rings is 1. The third kappa shape index (κ3) is 2.80. The van der Waals surface area contributed by atoms with Crippen LogP contribution in [0.5, 0.6) is 0 Å². The molecule has 17 heavy (non-hydrogen) atoms. The molecular formula is C13H24N2O2. The number of carbonyl (C=O) groups is 1. The van der Waals surface area contributed by atoms with Crippen molar-refractivity contribution in [1.82, 2.24) is 9.80 Å². The predicted octanol–water partition coefficient (Wildman–Crippen LogP) is 0.966. The zero-order chi connectivity index (χ0) is 12.3. The fourth-order valence-corrected chi connectivity index (χ4v) is 2.74. The maximum absolute atomic E-state index is 12.2. The van der Waals surface area contributed by atoms with Crippen molar-refractivity contribution in [1.29, 1.82) is 0 Å². The summed E-state index contributed by atoms with van der Waals surface area (Å²) in [5.74, 6) is 0.617. The second-order valence-corrected chi connectivity index (χ2v) is 5.01. The van der Waals surface area contributed by atoms with Crippen LogP contribution < -0.4 is 0 Å². The Morgan fingerprint density at radius 1 is 1.24 bits per heavy atom. The third-order valence-electron chi connectivity index (χ3n) is 4.09. The quantitative estimate of drug-likeness (QED) is 0.734. The molecule has 2 saturated heterocycles. The molecule has 2 heterocycles. The minimum absolute atomic E-state index is 0.257. The van der Waals surface area contributed by atoms with E-state index in [1.165, 1.54) is 0 Å². The Morgan fingerprint density at radius 3 is 2.24 bits per heavy atom. The van der Waals surface area contributed by atoms with E-state index in [1.54, 1.807) is 0 Å². The Hall–Kier alpha value is -0.610. The summed E-state index contributed by atoms with van der Waals surface area (Å²) >= 11 is 0. The molecule has 0 unspecified atom stereocenters. The SMILES string of the molecule is CCN(CC)C(=O)C1CCN(C2COC2)CC1. The number of rotatable bonds is 4. The van der Waals surface area contributed by atoms with Crippen molar-refractivity contribution in [2.24, 2.45) is 5.92 Å². The van der Waals surface area contributed by atoms with E-state index in [-0.39, 0.29) is 5.92 Å². The normalized spacial score (nSPS) is 23.4. The molecule has 0 aromatic carbocycles. The van der Waals surface area contributed by atoms with Crippen LogP contribution in [0.3, 0.4) is 0 Å². The highest BCUT2D eigenvalue weighted by molar-refractivity contribution is 5.78. The van der Waals surface area contributed by atoms with Gasteiger partial charge in [0.2, 0.25) is 5.91 Å². The summed E-state index contributed by atoms with van der Waals surface area (Å²) in [6, 6.07) is 0.625. The lowest BCUT2D eigenvalue weighted by Crippen LogP contribution is -2.53. The van der Waals surface area contributed by atoms with Crippen molar-refractivity contribution in [3.8, 4) is 0 Å². The Morgan fingerprint density at radius 2 is 1.82 bits per heavy atom. The molecular weight excluding hydrogens is 216 g/mol. The van der Waals surface area contributed by atoms with E-state index < -0.39 is 0 Å². The van der Waals surface area contributed by atoms with Crippen LogP contribution in [-0.2, 0) is 9.53 Å². The lowest BCUT2D eigenvalue weighted by Gasteiger charge is -2.41. The van der Waals surface area contributed by atoms with Crippen molar-refractivity contribution < 1.29 is 9.53 Å². The lowest BCUT2D eigenvalue weighted by molar-refractivity contribution is -0.138. The summed E-state index contributed by atoms with van der Waals surface area (Å²) in [6.45, 7) is 9.68. The minimum Gasteiger partial charge on any atom is -0.378 e. The minimum atomic E-state index is 0.257. The Labute approximate surface area is 104 Å². The zero-order valence-corrected chi connectivity index (χ0v) is 11.0. The van der Waals surface area contributed by atoms with Gasteiger partial charge in [-0.25, -0.2) is 0 Å². The smallest absolute Gasteiger partial charge is 0.225 e. The van der Waals surface area contributed by atoms with Gasteiger partial charge in [-0.2, -0.15) is 0 Å². The molecule has 0 spiro atoms. The number of hydrogen-bond acceptors (Lipinski definition) is 3. The molecule has 0 aromatic heterocycles. The van der Waals surface area contributed by atoms with E-state index in [4.69, 9.17) is 4.74 Å². The van der Waals surface area contributed by atoms with Gasteiger partial charge in [-0.3, -0.25) is 9.69 Å². The van der Waals surface area contributed by atoms with E-state index in [2.05, 4.69) is 18.7 Å². The Bertz CT molecular complexity index is 254. The topological polar surface area (TPSA) is 32.8 Å². The third-order valence-corrected chi connectivity index (χ3v) is 4.09. The second kappa shape index (κ2) is 5.83. The van der Waals surface area contributed by atoms with Crippen molar-refractivity contribution >= 4 is 5.91 Å². The van der Waals surface area contributed by atoms with Gasteiger partial charge in [0.1, 0.15) is 0 Å². The lowest BCUT2D eigenvalue weighted by atomic mass is 9.94. The number of ether oxygens (including phenoxy) is 1. The molecule has 0 saturated carbocycles. The average molecular weight is 240 g/mol. The monoisotopic (exact) mass is 240 g/mol. The van der Waals surface area contributed by atoms with Gasteiger partial charge >= 0.3 is 0 Å². The summed E-state index contributed by atoms with van der Waals surface area (Å²) in [7, 11) is 0. The van der Waals surface area contributed by atoms with Gasteiger partial charge in [0.05, 0.1) is 19.3 Å². The van der Waals surface area contributed by atoms with Crippen LogP contribution in [-0.4, -0.2) is 61.1 Å². The van der Waals surface area contributed by atoms with Crippen molar-refractivity contribution in [3.05, 3.63) is 0 Å². The van der Waals surface area contributed by atoms with Gasteiger partial charge in [0.15, 0.2) is 0 Å². The molecule has 0 radical (unpaired) electrons. The van der Waals surface area contributed by atoms with Crippen LogP contribution in [0, 0.1) is 5.92 Å². The highest BCUT2D eigenvalue weighted by Crippen LogP contribution is 2.23. The summed E-state index contributed by atoms with van der Waals surface area (Å²) in [4.78, 5) is 16.6. The Kier molecular flexibility index (Phi) is 4.40. The number of likely N-dealkylation sites (tertiary alicyclic amines) is 1. The van der Waals surface area contributed by atoms with E-state index in [0.29, 0.717) is 11.9 Å². The molecule has 0 aromatic rings. The highest BCUT2D eigenvalue weighted by atomic mass is 16.5. The summed E-state index contributed by atoms with van der Waals surface area (Å²) in [5.41, 5.74) is 0. The highest BCUT2D eigenvalue weighted by Gasteiger charge is 2.32. The summed E-state index contributed by atoms with van der Waals surface area (Å²) in [6.07, 6.45) is 2.04. The molecule has 2 aliphatic rings. The van der Waals surface area contributed by atoms with Gasteiger partial charge in [0.25, 0.3) is 0 Å². The maximum Gasteiger partial charge on any atom is 0.225 e. The fraction of sp³-hybridized carbons (Fsp3) is 0.923. The van der Waals surface area contributed by atoms with Gasteiger partial charge in [-0.05, 0) is 39.8 Å². The van der Waals surface area contributed by atoms with E-state index in [0.717, 1.165) is 52.2 Å². The first-order valence-corrected chi connectivity index (χ1v) is 6.86. The van der Waals surface area contributed by atoms with E-state index in [1.807, 2.05) is 4.90 Å². The number of carbonyl (C=O) groups excluding carboxylic acids is 1. The summed E-state index contributed by atoms with van der Waals surface area (Å²) in [5, 5.41) is 0. The predicted molar refractivity (Wildman–Crippen MR) is 66.8 cm³/mol. The second-order valence-electron chi connectivity index (χ2n) is 5.01. The molecule has 4 heteroatoms. The van der Waals surface area contributed by atoms with Crippen LogP contribution in [0.25, 0.3) is 0 Å². The summed E-state index contributed by atoms with van der Waals surface area (Å²) < 4.78 is 5.22. The molecule has 98 valence electrons. The molecule has 0 atom stereocenters. The molecule has 4 nitrogen and oxygen atoms in total. The molecule has 0 bridgehead atoms. The fourth-order valence-electron chi connectivity index (χ4n) is 2.74. The van der Waals surface area contributed by atoms with Crippen molar-refractivity contribution in [2.45, 2.75) is 32.7 Å². The molecule has 0 N–H and O–H groups in total. The van der Waals surface area contributed by atoms with Gasteiger partial charge in [-0.15, -0.1) is 0 Å². The van der Waals surface area contributed by atoms with Crippen LogP contribution in [0.2, 0.25) is 0 Å². The molecule has 1 amide bonds. The molecule has 0 aliphatic carbocycles. The first-order chi connectivity index (χ1) is 8.26. The first-order valence-electron chi connectivity index (χ1n) is 6.86. The number of hydrogen-bond donors (Lipinski definition) is 0. The van der Waals surface area contributed by atoms with Crippen LogP contribution >= 0.6 is 0 Å². The van der Waals surface area contributed by atoms with Gasteiger partial charge in [0, 0.05) is 19.0 Å². The largest absolute Gasteiger partial charge is 0.378 e. The van der Waals surface area contributed by atoms with Gasteiger partial charge in [-0.1, -0.05) is 0 Å². The van der Waals surface area contributed by atoms with Crippen LogP contribution in [0.15, 0.2) is 0 Å². The number of nitrogens with zero attached hydrogens (tertiary/aromatic N) is 2. The Balaban J connectivity index is 1.79.